The van der Waals surface area contributed by atoms with Gasteiger partial charge < -0.3 is 19.7 Å². The number of methoxy groups -OCH3 is 2. The first kappa shape index (κ1) is 18.8. The topological polar surface area (TPSA) is 33.7 Å². The molecule has 0 aromatic heterocycles. The lowest BCUT2D eigenvalue weighted by Crippen LogP contribution is -2.46. The van der Waals surface area contributed by atoms with Gasteiger partial charge in [-0.25, -0.2) is 0 Å². The number of nitrogens with zero attached hydrogens (tertiary/aromatic N) is 1. The van der Waals surface area contributed by atoms with E-state index in [-0.39, 0.29) is 0 Å². The molecule has 0 heterocycles. The maximum atomic E-state index is 5.62. The lowest BCUT2D eigenvalue weighted by Gasteiger charge is -2.33. The number of ether oxygens (including phenoxy) is 2. The first-order valence-corrected chi connectivity index (χ1v) is 9.10. The molecule has 0 radical (unpaired) electrons. The van der Waals surface area contributed by atoms with Crippen molar-refractivity contribution in [1.29, 1.82) is 0 Å². The van der Waals surface area contributed by atoms with E-state index in [4.69, 9.17) is 21.7 Å². The van der Waals surface area contributed by atoms with Crippen LogP contribution in [0.2, 0.25) is 0 Å². The van der Waals surface area contributed by atoms with Gasteiger partial charge in [-0.3, -0.25) is 0 Å². The summed E-state index contributed by atoms with van der Waals surface area (Å²) in [4.78, 5) is 2.10. The molecule has 24 heavy (non-hydrogen) atoms. The van der Waals surface area contributed by atoms with Gasteiger partial charge in [-0.2, -0.15) is 0 Å². The fourth-order valence-corrected chi connectivity index (χ4v) is 3.54. The third-order valence-electron chi connectivity index (χ3n) is 5.02. The Labute approximate surface area is 151 Å². The second-order valence-electron chi connectivity index (χ2n) is 6.81. The lowest BCUT2D eigenvalue weighted by molar-refractivity contribution is 0.300. The van der Waals surface area contributed by atoms with Crippen molar-refractivity contribution in [3.05, 3.63) is 23.3 Å². The van der Waals surface area contributed by atoms with E-state index < -0.39 is 0 Å². The minimum absolute atomic E-state index is 0.500. The van der Waals surface area contributed by atoms with Crippen molar-refractivity contribution in [1.82, 2.24) is 10.2 Å². The van der Waals surface area contributed by atoms with E-state index in [0.717, 1.165) is 23.2 Å². The lowest BCUT2D eigenvalue weighted by atomic mass is 9.86. The smallest absolute Gasteiger partial charge is 0.169 e. The van der Waals surface area contributed by atoms with Crippen molar-refractivity contribution in [2.45, 2.75) is 52.1 Å². The Morgan fingerprint density at radius 1 is 1.21 bits per heavy atom. The van der Waals surface area contributed by atoms with Crippen LogP contribution in [0.1, 0.15) is 43.7 Å². The van der Waals surface area contributed by atoms with Crippen LogP contribution in [0.25, 0.3) is 0 Å². The van der Waals surface area contributed by atoms with E-state index in [1.54, 1.807) is 14.2 Å². The van der Waals surface area contributed by atoms with Crippen LogP contribution in [0.5, 0.6) is 11.5 Å². The van der Waals surface area contributed by atoms with Crippen LogP contribution in [0, 0.1) is 12.8 Å². The molecule has 1 aromatic rings. The molecule has 4 nitrogen and oxygen atoms in total. The number of rotatable bonds is 5. The average Bonchev–Trinajstić information content (AvgIpc) is 2.58. The van der Waals surface area contributed by atoms with Crippen molar-refractivity contribution < 1.29 is 9.47 Å². The molecule has 0 unspecified atom stereocenters. The number of benzene rings is 1. The molecule has 2 atom stereocenters. The van der Waals surface area contributed by atoms with Gasteiger partial charge in [0.25, 0.3) is 0 Å². The van der Waals surface area contributed by atoms with E-state index in [2.05, 4.69) is 24.1 Å². The van der Waals surface area contributed by atoms with Crippen LogP contribution < -0.4 is 14.8 Å². The first-order chi connectivity index (χ1) is 11.5. The van der Waals surface area contributed by atoms with Crippen LogP contribution >= 0.6 is 12.2 Å². The fourth-order valence-electron chi connectivity index (χ4n) is 3.32. The maximum Gasteiger partial charge on any atom is 0.169 e. The summed E-state index contributed by atoms with van der Waals surface area (Å²) >= 11 is 5.62. The molecule has 134 valence electrons. The molecule has 0 aliphatic heterocycles. The van der Waals surface area contributed by atoms with Gasteiger partial charge in [-0.1, -0.05) is 19.8 Å². The molecular weight excluding hydrogens is 320 g/mol. The Morgan fingerprint density at radius 3 is 2.46 bits per heavy atom. The van der Waals surface area contributed by atoms with Crippen molar-refractivity contribution in [2.75, 3.05) is 21.3 Å². The van der Waals surface area contributed by atoms with Crippen molar-refractivity contribution in [3.8, 4) is 11.5 Å². The molecule has 1 aliphatic carbocycles. The zero-order chi connectivity index (χ0) is 17.7. The van der Waals surface area contributed by atoms with E-state index in [9.17, 15) is 0 Å². The van der Waals surface area contributed by atoms with Gasteiger partial charge in [0, 0.05) is 19.6 Å². The van der Waals surface area contributed by atoms with Crippen molar-refractivity contribution in [2.24, 2.45) is 5.92 Å². The number of nitrogens with one attached hydrogen (secondary N) is 1. The Morgan fingerprint density at radius 2 is 1.83 bits per heavy atom. The van der Waals surface area contributed by atoms with E-state index >= 15 is 0 Å². The fraction of sp³-hybridized carbons (Fsp3) is 0.632. The Bertz CT molecular complexity index is 577. The quantitative estimate of drug-likeness (QED) is 0.815. The molecule has 0 bridgehead atoms. The highest BCUT2D eigenvalue weighted by atomic mass is 32.1. The van der Waals surface area contributed by atoms with E-state index in [1.807, 2.05) is 19.2 Å². The molecule has 1 N–H and O–H groups in total. The van der Waals surface area contributed by atoms with Crippen LogP contribution in [0.4, 0.5) is 0 Å². The van der Waals surface area contributed by atoms with E-state index in [1.165, 1.54) is 36.8 Å². The van der Waals surface area contributed by atoms with Gasteiger partial charge in [0.1, 0.15) is 0 Å². The van der Waals surface area contributed by atoms with Gasteiger partial charge in [-0.15, -0.1) is 0 Å². The van der Waals surface area contributed by atoms with Gasteiger partial charge in [-0.05, 0) is 61.2 Å². The highest BCUT2D eigenvalue weighted by Gasteiger charge is 2.22. The summed E-state index contributed by atoms with van der Waals surface area (Å²) in [7, 11) is 5.36. The standard InChI is InChI=1S/C19H30N2O2S/c1-13-8-6-7-9-16(13)20-19(24)21(3)12-15-11-18(23-5)17(22-4)10-14(15)2/h10-11,13,16H,6-9,12H2,1-5H3,(H,20,24)/t13-,16-/m0/s1. The summed E-state index contributed by atoms with van der Waals surface area (Å²) in [6.07, 6.45) is 5.14. The second-order valence-corrected chi connectivity index (χ2v) is 7.19. The van der Waals surface area contributed by atoms with Crippen molar-refractivity contribution >= 4 is 17.3 Å². The molecule has 0 amide bonds. The van der Waals surface area contributed by atoms with Gasteiger partial charge in [0.15, 0.2) is 16.6 Å². The minimum Gasteiger partial charge on any atom is -0.493 e. The number of hydrogen-bond acceptors (Lipinski definition) is 3. The molecular formula is C19H30N2O2S. The summed E-state index contributed by atoms with van der Waals surface area (Å²) < 4.78 is 10.8. The van der Waals surface area contributed by atoms with E-state index in [0.29, 0.717) is 12.0 Å². The highest BCUT2D eigenvalue weighted by Crippen LogP contribution is 2.31. The zero-order valence-corrected chi connectivity index (χ0v) is 16.3. The molecule has 1 aromatic carbocycles. The molecule has 2 rings (SSSR count). The van der Waals surface area contributed by atoms with Crippen LogP contribution in [0.3, 0.4) is 0 Å². The Balaban J connectivity index is 2.03. The largest absolute Gasteiger partial charge is 0.493 e. The third kappa shape index (κ3) is 4.53. The normalized spacial score (nSPS) is 20.4. The highest BCUT2D eigenvalue weighted by molar-refractivity contribution is 7.80. The molecule has 1 aliphatic rings. The molecule has 0 spiro atoms. The maximum absolute atomic E-state index is 5.62. The number of thiocarbonyl (C=S) groups is 1. The molecule has 1 saturated carbocycles. The summed E-state index contributed by atoms with van der Waals surface area (Å²) in [6.45, 7) is 5.15. The summed E-state index contributed by atoms with van der Waals surface area (Å²) in [5.74, 6) is 2.21. The molecule has 1 fully saturated rings. The van der Waals surface area contributed by atoms with Crippen LogP contribution in [0.15, 0.2) is 12.1 Å². The second kappa shape index (κ2) is 8.56. The van der Waals surface area contributed by atoms with Crippen molar-refractivity contribution in [3.63, 3.8) is 0 Å². The van der Waals surface area contributed by atoms with Gasteiger partial charge in [0.05, 0.1) is 14.2 Å². The monoisotopic (exact) mass is 350 g/mol. The molecule has 5 heteroatoms. The SMILES string of the molecule is COc1cc(C)c(CN(C)C(=S)N[C@H]2CCCC[C@@H]2C)cc1OC. The number of hydrogen-bond donors (Lipinski definition) is 1. The average molecular weight is 351 g/mol. The predicted octanol–water partition coefficient (Wildman–Crippen LogP) is 3.90. The van der Waals surface area contributed by atoms with Gasteiger partial charge in [0.2, 0.25) is 0 Å². The number of aryl methyl sites for hydroxylation is 1. The molecule has 0 saturated heterocycles. The first-order valence-electron chi connectivity index (χ1n) is 8.69. The Kier molecular flexibility index (Phi) is 6.72. The predicted molar refractivity (Wildman–Crippen MR) is 103 cm³/mol. The van der Waals surface area contributed by atoms with Crippen LogP contribution in [-0.4, -0.2) is 37.3 Å². The summed E-state index contributed by atoms with van der Waals surface area (Å²) in [5, 5.41) is 4.38. The Hall–Kier alpha value is -1.49. The zero-order valence-electron chi connectivity index (χ0n) is 15.5. The third-order valence-corrected chi connectivity index (χ3v) is 5.45. The van der Waals surface area contributed by atoms with Gasteiger partial charge >= 0.3 is 0 Å². The summed E-state index contributed by atoms with van der Waals surface area (Å²) in [5.41, 5.74) is 2.37. The summed E-state index contributed by atoms with van der Waals surface area (Å²) in [6, 6.07) is 4.55. The van der Waals surface area contributed by atoms with Crippen LogP contribution in [-0.2, 0) is 6.54 Å². The minimum atomic E-state index is 0.500.